The lowest BCUT2D eigenvalue weighted by molar-refractivity contribution is -0.119. The minimum atomic E-state index is -0.624. The second kappa shape index (κ2) is 6.83. The van der Waals surface area contributed by atoms with Crippen LogP contribution in [0.1, 0.15) is 16.7 Å². The number of hydrogen-bond acceptors (Lipinski definition) is 3. The fraction of sp³-hybridized carbons (Fsp3) is 0.316. The lowest BCUT2D eigenvalue weighted by atomic mass is 10.00. The standard InChI is InChI=1S/C19H21ClN2O2/c1-12-9-14(24-2)10-16(20)15(12)11-17(21)19(23)22-8-7-13-5-3-4-6-18(13)22/h3-6,9-10,17H,7-8,11,21H2,1-2H3/t17-/m1/s1. The van der Waals surface area contributed by atoms with E-state index in [1.807, 2.05) is 31.2 Å². The molecular weight excluding hydrogens is 324 g/mol. The molecule has 1 amide bonds. The third-order valence-corrected chi connectivity index (χ3v) is 4.86. The summed E-state index contributed by atoms with van der Waals surface area (Å²) >= 11 is 6.34. The Hall–Kier alpha value is -2.04. The molecule has 126 valence electrons. The van der Waals surface area contributed by atoms with Gasteiger partial charge in [0.05, 0.1) is 13.2 Å². The van der Waals surface area contributed by atoms with Crippen molar-refractivity contribution in [2.75, 3.05) is 18.6 Å². The fourth-order valence-electron chi connectivity index (χ4n) is 3.19. The Morgan fingerprint density at radius 3 is 2.83 bits per heavy atom. The highest BCUT2D eigenvalue weighted by Gasteiger charge is 2.28. The molecule has 4 nitrogen and oxygen atoms in total. The van der Waals surface area contributed by atoms with E-state index in [0.29, 0.717) is 23.7 Å². The van der Waals surface area contributed by atoms with Crippen molar-refractivity contribution >= 4 is 23.2 Å². The van der Waals surface area contributed by atoms with E-state index in [9.17, 15) is 4.79 Å². The predicted octanol–water partition coefficient (Wildman–Crippen LogP) is 3.12. The number of carbonyl (C=O) groups excluding carboxylic acids is 1. The number of methoxy groups -OCH3 is 1. The summed E-state index contributed by atoms with van der Waals surface area (Å²) in [7, 11) is 1.60. The van der Waals surface area contributed by atoms with E-state index in [1.165, 1.54) is 5.56 Å². The SMILES string of the molecule is COc1cc(C)c(C[C@@H](N)C(=O)N2CCc3ccccc32)c(Cl)c1. The summed E-state index contributed by atoms with van der Waals surface area (Å²) < 4.78 is 5.21. The van der Waals surface area contributed by atoms with Crippen LogP contribution in [0.3, 0.4) is 0 Å². The Morgan fingerprint density at radius 1 is 1.38 bits per heavy atom. The average Bonchev–Trinajstić information content (AvgIpc) is 3.01. The summed E-state index contributed by atoms with van der Waals surface area (Å²) in [6.07, 6.45) is 1.28. The largest absolute Gasteiger partial charge is 0.497 e. The summed E-state index contributed by atoms with van der Waals surface area (Å²) in [5, 5.41) is 0.580. The van der Waals surface area contributed by atoms with Gasteiger partial charge in [0, 0.05) is 17.3 Å². The van der Waals surface area contributed by atoms with Gasteiger partial charge in [-0.3, -0.25) is 4.79 Å². The normalized spacial score (nSPS) is 14.4. The van der Waals surface area contributed by atoms with Gasteiger partial charge in [-0.25, -0.2) is 0 Å². The van der Waals surface area contributed by atoms with E-state index in [4.69, 9.17) is 22.1 Å². The van der Waals surface area contributed by atoms with Crippen molar-refractivity contribution in [3.63, 3.8) is 0 Å². The predicted molar refractivity (Wildman–Crippen MR) is 96.9 cm³/mol. The highest BCUT2D eigenvalue weighted by atomic mass is 35.5. The van der Waals surface area contributed by atoms with Crippen LogP contribution < -0.4 is 15.4 Å². The maximum Gasteiger partial charge on any atom is 0.244 e. The molecule has 3 rings (SSSR count). The number of rotatable bonds is 4. The third kappa shape index (κ3) is 3.12. The first-order chi connectivity index (χ1) is 11.5. The first-order valence-corrected chi connectivity index (χ1v) is 8.37. The smallest absolute Gasteiger partial charge is 0.244 e. The van der Waals surface area contributed by atoms with E-state index in [-0.39, 0.29) is 5.91 Å². The molecule has 1 aliphatic heterocycles. The number of aryl methyl sites for hydroxylation is 1. The van der Waals surface area contributed by atoms with E-state index < -0.39 is 6.04 Å². The number of ether oxygens (including phenoxy) is 1. The van der Waals surface area contributed by atoms with Gasteiger partial charge in [0.2, 0.25) is 5.91 Å². The Morgan fingerprint density at radius 2 is 2.12 bits per heavy atom. The van der Waals surface area contributed by atoms with Gasteiger partial charge in [0.25, 0.3) is 0 Å². The number of carbonyl (C=O) groups is 1. The van der Waals surface area contributed by atoms with Crippen molar-refractivity contribution in [2.24, 2.45) is 5.73 Å². The van der Waals surface area contributed by atoms with E-state index in [2.05, 4.69) is 6.07 Å². The van der Waals surface area contributed by atoms with Gasteiger partial charge >= 0.3 is 0 Å². The number of anilines is 1. The van der Waals surface area contributed by atoms with Crippen LogP contribution in [0.5, 0.6) is 5.75 Å². The van der Waals surface area contributed by atoms with Crippen molar-refractivity contribution in [3.8, 4) is 5.75 Å². The van der Waals surface area contributed by atoms with Crippen molar-refractivity contribution in [2.45, 2.75) is 25.8 Å². The van der Waals surface area contributed by atoms with Gasteiger partial charge < -0.3 is 15.4 Å². The molecule has 24 heavy (non-hydrogen) atoms. The molecule has 0 spiro atoms. The topological polar surface area (TPSA) is 55.6 Å². The molecule has 5 heteroatoms. The number of halogens is 1. The second-order valence-electron chi connectivity index (χ2n) is 6.08. The van der Waals surface area contributed by atoms with Crippen molar-refractivity contribution in [3.05, 3.63) is 58.1 Å². The van der Waals surface area contributed by atoms with Crippen LogP contribution >= 0.6 is 11.6 Å². The minimum Gasteiger partial charge on any atom is -0.497 e. The van der Waals surface area contributed by atoms with Gasteiger partial charge in [-0.05, 0) is 54.7 Å². The number of amides is 1. The lowest BCUT2D eigenvalue weighted by Gasteiger charge is -2.22. The quantitative estimate of drug-likeness (QED) is 0.927. The first-order valence-electron chi connectivity index (χ1n) is 7.99. The van der Waals surface area contributed by atoms with E-state index >= 15 is 0 Å². The number of nitrogens with zero attached hydrogens (tertiary/aromatic N) is 1. The van der Waals surface area contributed by atoms with Gasteiger partial charge in [-0.2, -0.15) is 0 Å². The van der Waals surface area contributed by atoms with Crippen LogP contribution in [0.2, 0.25) is 5.02 Å². The van der Waals surface area contributed by atoms with Crippen molar-refractivity contribution in [1.82, 2.24) is 0 Å². The molecule has 1 aliphatic rings. The zero-order valence-electron chi connectivity index (χ0n) is 13.9. The van der Waals surface area contributed by atoms with Gasteiger partial charge in [-0.1, -0.05) is 29.8 Å². The average molecular weight is 345 g/mol. The molecule has 0 bridgehead atoms. The molecule has 2 aromatic rings. The van der Waals surface area contributed by atoms with Crippen LogP contribution in [0.25, 0.3) is 0 Å². The zero-order valence-corrected chi connectivity index (χ0v) is 14.6. The lowest BCUT2D eigenvalue weighted by Crippen LogP contribution is -2.44. The molecule has 2 N–H and O–H groups in total. The number of nitrogens with two attached hydrogens (primary N) is 1. The molecular formula is C19H21ClN2O2. The number of benzene rings is 2. The van der Waals surface area contributed by atoms with Crippen LogP contribution in [0.15, 0.2) is 36.4 Å². The molecule has 0 saturated carbocycles. The summed E-state index contributed by atoms with van der Waals surface area (Å²) in [5.74, 6) is 0.640. The Bertz CT molecular complexity index is 753. The highest BCUT2D eigenvalue weighted by molar-refractivity contribution is 6.31. The Kier molecular flexibility index (Phi) is 4.78. The van der Waals surface area contributed by atoms with E-state index in [1.54, 1.807) is 18.1 Å². The van der Waals surface area contributed by atoms with Gasteiger partial charge in [0.1, 0.15) is 5.75 Å². The van der Waals surface area contributed by atoms with Gasteiger partial charge in [-0.15, -0.1) is 0 Å². The molecule has 0 unspecified atom stereocenters. The first kappa shape index (κ1) is 16.8. The summed E-state index contributed by atoms with van der Waals surface area (Å²) in [6, 6.07) is 11.0. The molecule has 2 aromatic carbocycles. The number of hydrogen-bond donors (Lipinski definition) is 1. The molecule has 0 fully saturated rings. The van der Waals surface area contributed by atoms with Crippen LogP contribution in [0.4, 0.5) is 5.69 Å². The maximum atomic E-state index is 12.8. The molecule has 0 radical (unpaired) electrons. The summed E-state index contributed by atoms with van der Waals surface area (Å²) in [4.78, 5) is 14.6. The summed E-state index contributed by atoms with van der Waals surface area (Å²) in [6.45, 7) is 2.63. The fourth-order valence-corrected chi connectivity index (χ4v) is 3.53. The molecule has 1 atom stereocenters. The number of fused-ring (bicyclic) bond motifs is 1. The Balaban J connectivity index is 1.79. The third-order valence-electron chi connectivity index (χ3n) is 4.52. The molecule has 0 aliphatic carbocycles. The van der Waals surface area contributed by atoms with Crippen molar-refractivity contribution < 1.29 is 9.53 Å². The molecule has 1 heterocycles. The summed E-state index contributed by atoms with van der Waals surface area (Å²) in [5.41, 5.74) is 10.2. The maximum absolute atomic E-state index is 12.8. The highest BCUT2D eigenvalue weighted by Crippen LogP contribution is 2.30. The van der Waals surface area contributed by atoms with Crippen molar-refractivity contribution in [1.29, 1.82) is 0 Å². The van der Waals surface area contributed by atoms with Crippen LogP contribution in [-0.2, 0) is 17.6 Å². The minimum absolute atomic E-state index is 0.0637. The Labute approximate surface area is 147 Å². The monoisotopic (exact) mass is 344 g/mol. The number of para-hydroxylation sites is 1. The van der Waals surface area contributed by atoms with Crippen LogP contribution in [0, 0.1) is 6.92 Å². The molecule has 0 aromatic heterocycles. The molecule has 0 saturated heterocycles. The van der Waals surface area contributed by atoms with Gasteiger partial charge in [0.15, 0.2) is 0 Å². The zero-order chi connectivity index (χ0) is 17.3. The second-order valence-corrected chi connectivity index (χ2v) is 6.49. The van der Waals surface area contributed by atoms with Crippen LogP contribution in [-0.4, -0.2) is 25.6 Å². The van der Waals surface area contributed by atoms with E-state index in [0.717, 1.165) is 23.2 Å².